The largest absolute Gasteiger partial charge is 0.507 e. The highest BCUT2D eigenvalue weighted by Gasteiger charge is 2.47. The van der Waals surface area contributed by atoms with E-state index in [1.165, 1.54) is 30.2 Å². The minimum absolute atomic E-state index is 0.102. The summed E-state index contributed by atoms with van der Waals surface area (Å²) in [6.07, 6.45) is 0. The third kappa shape index (κ3) is 5.11. The van der Waals surface area contributed by atoms with E-state index in [4.69, 9.17) is 9.47 Å². The first-order valence-electron chi connectivity index (χ1n) is 12.4. The standard InChI is InChI=1S/C32H26FNO5/c1-20-16-23(14-15-27(20)39-19-21-8-4-3-5-9-21)30(35)28-29(22-10-6-13-26(17-22)38-2)34(32(37)31(28)36)25-12-7-11-24(33)18-25/h3-18,29,35H,19H2,1-2H3/b30-28+. The minimum Gasteiger partial charge on any atom is -0.507 e. The molecule has 7 heteroatoms. The fourth-order valence-electron chi connectivity index (χ4n) is 4.70. The van der Waals surface area contributed by atoms with E-state index < -0.39 is 23.5 Å². The normalized spacial score (nSPS) is 16.4. The van der Waals surface area contributed by atoms with Gasteiger partial charge in [0.2, 0.25) is 0 Å². The zero-order chi connectivity index (χ0) is 27.5. The van der Waals surface area contributed by atoms with Crippen molar-refractivity contribution in [3.63, 3.8) is 0 Å². The van der Waals surface area contributed by atoms with Crippen LogP contribution in [0.25, 0.3) is 5.76 Å². The zero-order valence-electron chi connectivity index (χ0n) is 21.4. The first-order valence-corrected chi connectivity index (χ1v) is 12.4. The average molecular weight is 524 g/mol. The first-order chi connectivity index (χ1) is 18.9. The second kappa shape index (κ2) is 10.8. The molecule has 4 aromatic carbocycles. The van der Waals surface area contributed by atoms with Crippen LogP contribution in [0.3, 0.4) is 0 Å². The number of benzene rings is 4. The maximum Gasteiger partial charge on any atom is 0.300 e. The van der Waals surface area contributed by atoms with Crippen LogP contribution in [0, 0.1) is 12.7 Å². The van der Waals surface area contributed by atoms with E-state index in [0.717, 1.165) is 11.1 Å². The van der Waals surface area contributed by atoms with Gasteiger partial charge in [-0.05, 0) is 72.1 Å². The predicted molar refractivity (Wildman–Crippen MR) is 146 cm³/mol. The number of aryl methyl sites for hydroxylation is 1. The number of amides is 1. The van der Waals surface area contributed by atoms with E-state index in [1.54, 1.807) is 48.5 Å². The molecule has 1 aliphatic rings. The Bertz CT molecular complexity index is 1580. The van der Waals surface area contributed by atoms with Crippen molar-refractivity contribution >= 4 is 23.1 Å². The van der Waals surface area contributed by atoms with Gasteiger partial charge in [0, 0.05) is 11.3 Å². The van der Waals surface area contributed by atoms with Crippen LogP contribution in [-0.4, -0.2) is 23.9 Å². The number of ketones is 1. The quantitative estimate of drug-likeness (QED) is 0.174. The van der Waals surface area contributed by atoms with Gasteiger partial charge in [0.25, 0.3) is 11.7 Å². The van der Waals surface area contributed by atoms with Gasteiger partial charge in [-0.25, -0.2) is 4.39 Å². The lowest BCUT2D eigenvalue weighted by Gasteiger charge is -2.25. The number of ether oxygens (including phenoxy) is 2. The summed E-state index contributed by atoms with van der Waals surface area (Å²) in [6.45, 7) is 2.21. The van der Waals surface area contributed by atoms with Gasteiger partial charge in [-0.3, -0.25) is 14.5 Å². The molecule has 1 fully saturated rings. The second-order valence-corrected chi connectivity index (χ2v) is 9.18. The molecule has 196 valence electrons. The Labute approximate surface area is 225 Å². The summed E-state index contributed by atoms with van der Waals surface area (Å²) in [5, 5.41) is 11.4. The lowest BCUT2D eigenvalue weighted by atomic mass is 9.94. The molecule has 1 atom stereocenters. The number of carbonyl (C=O) groups excluding carboxylic acids is 2. The molecule has 0 spiro atoms. The summed E-state index contributed by atoms with van der Waals surface area (Å²) in [5.41, 5.74) is 2.73. The molecule has 1 aliphatic heterocycles. The summed E-state index contributed by atoms with van der Waals surface area (Å²) in [5.74, 6) is -1.49. The molecule has 1 amide bonds. The van der Waals surface area contributed by atoms with E-state index in [2.05, 4.69) is 0 Å². The molecule has 6 nitrogen and oxygen atoms in total. The maximum atomic E-state index is 14.2. The van der Waals surface area contributed by atoms with Gasteiger partial charge in [-0.1, -0.05) is 48.5 Å². The summed E-state index contributed by atoms with van der Waals surface area (Å²) < 4.78 is 25.4. The zero-order valence-corrected chi connectivity index (χ0v) is 21.4. The molecule has 1 N–H and O–H groups in total. The minimum atomic E-state index is -1.00. The van der Waals surface area contributed by atoms with Gasteiger partial charge in [-0.2, -0.15) is 0 Å². The third-order valence-electron chi connectivity index (χ3n) is 6.63. The topological polar surface area (TPSA) is 76.1 Å². The summed E-state index contributed by atoms with van der Waals surface area (Å²) in [4.78, 5) is 27.9. The number of hydrogen-bond donors (Lipinski definition) is 1. The number of halogens is 1. The summed E-state index contributed by atoms with van der Waals surface area (Å²) in [6, 6.07) is 26.1. The van der Waals surface area contributed by atoms with Gasteiger partial charge < -0.3 is 14.6 Å². The molecule has 0 aromatic heterocycles. The molecule has 0 radical (unpaired) electrons. The number of nitrogens with zero attached hydrogens (tertiary/aromatic N) is 1. The van der Waals surface area contributed by atoms with Crippen molar-refractivity contribution in [1.82, 2.24) is 0 Å². The molecule has 1 unspecified atom stereocenters. The van der Waals surface area contributed by atoms with E-state index in [0.29, 0.717) is 29.2 Å². The Morgan fingerprint density at radius 3 is 2.41 bits per heavy atom. The monoisotopic (exact) mass is 523 g/mol. The molecule has 1 saturated heterocycles. The van der Waals surface area contributed by atoms with Gasteiger partial charge in [0.05, 0.1) is 18.7 Å². The molecule has 4 aromatic rings. The number of anilines is 1. The number of aliphatic hydroxyl groups is 1. The number of rotatable bonds is 7. The smallest absolute Gasteiger partial charge is 0.300 e. The fraction of sp³-hybridized carbons (Fsp3) is 0.125. The Kier molecular flexibility index (Phi) is 7.14. The van der Waals surface area contributed by atoms with E-state index in [1.807, 2.05) is 37.3 Å². The van der Waals surface area contributed by atoms with Crippen molar-refractivity contribution < 1.29 is 28.6 Å². The van der Waals surface area contributed by atoms with Crippen molar-refractivity contribution in [2.45, 2.75) is 19.6 Å². The van der Waals surface area contributed by atoms with Crippen LogP contribution in [0.15, 0.2) is 103 Å². The Hall–Kier alpha value is -4.91. The second-order valence-electron chi connectivity index (χ2n) is 9.18. The lowest BCUT2D eigenvalue weighted by molar-refractivity contribution is -0.132. The van der Waals surface area contributed by atoms with Crippen LogP contribution in [0.4, 0.5) is 10.1 Å². The van der Waals surface area contributed by atoms with E-state index >= 15 is 0 Å². The van der Waals surface area contributed by atoms with Gasteiger partial charge in [0.1, 0.15) is 29.7 Å². The van der Waals surface area contributed by atoms with E-state index in [-0.39, 0.29) is 17.0 Å². The van der Waals surface area contributed by atoms with Crippen LogP contribution in [0.5, 0.6) is 11.5 Å². The SMILES string of the molecule is COc1cccc(C2/C(=C(\O)c3ccc(OCc4ccccc4)c(C)c3)C(=O)C(=O)N2c2cccc(F)c2)c1. The third-order valence-corrected chi connectivity index (χ3v) is 6.63. The predicted octanol–water partition coefficient (Wildman–Crippen LogP) is 6.35. The fourth-order valence-corrected chi connectivity index (χ4v) is 4.70. The van der Waals surface area contributed by atoms with Gasteiger partial charge in [0.15, 0.2) is 0 Å². The van der Waals surface area contributed by atoms with Crippen LogP contribution >= 0.6 is 0 Å². The maximum absolute atomic E-state index is 14.2. The average Bonchev–Trinajstić information content (AvgIpc) is 3.22. The highest BCUT2D eigenvalue weighted by atomic mass is 19.1. The number of aliphatic hydroxyl groups excluding tert-OH is 1. The highest BCUT2D eigenvalue weighted by Crippen LogP contribution is 2.43. The first kappa shape index (κ1) is 25.7. The summed E-state index contributed by atoms with van der Waals surface area (Å²) in [7, 11) is 1.51. The number of carbonyl (C=O) groups is 2. The van der Waals surface area contributed by atoms with E-state index in [9.17, 15) is 19.1 Å². The number of hydrogen-bond acceptors (Lipinski definition) is 5. The van der Waals surface area contributed by atoms with Crippen LogP contribution < -0.4 is 14.4 Å². The molecule has 0 aliphatic carbocycles. The van der Waals surface area contributed by atoms with Gasteiger partial charge in [-0.15, -0.1) is 0 Å². The molecule has 1 heterocycles. The lowest BCUT2D eigenvalue weighted by Crippen LogP contribution is -2.29. The molecule has 0 saturated carbocycles. The van der Waals surface area contributed by atoms with Crippen molar-refractivity contribution in [1.29, 1.82) is 0 Å². The number of methoxy groups -OCH3 is 1. The van der Waals surface area contributed by atoms with Crippen LogP contribution in [0.1, 0.15) is 28.3 Å². The van der Waals surface area contributed by atoms with Gasteiger partial charge >= 0.3 is 0 Å². The molecular weight excluding hydrogens is 497 g/mol. The molecular formula is C32H26FNO5. The van der Waals surface area contributed by atoms with Crippen molar-refractivity contribution in [2.24, 2.45) is 0 Å². The molecule has 39 heavy (non-hydrogen) atoms. The van der Waals surface area contributed by atoms with Crippen molar-refractivity contribution in [2.75, 3.05) is 12.0 Å². The Morgan fingerprint density at radius 1 is 0.923 bits per heavy atom. The molecule has 0 bridgehead atoms. The van der Waals surface area contributed by atoms with Crippen LogP contribution in [-0.2, 0) is 16.2 Å². The molecule has 5 rings (SSSR count). The highest BCUT2D eigenvalue weighted by molar-refractivity contribution is 6.51. The summed E-state index contributed by atoms with van der Waals surface area (Å²) >= 11 is 0. The Balaban J connectivity index is 1.57. The number of Topliss-reactive ketones (excluding diaryl/α,β-unsaturated/α-hetero) is 1. The Morgan fingerprint density at radius 2 is 1.69 bits per heavy atom. The van der Waals surface area contributed by atoms with Crippen LogP contribution in [0.2, 0.25) is 0 Å². The van der Waals surface area contributed by atoms with Crippen molar-refractivity contribution in [3.05, 3.63) is 131 Å². The van der Waals surface area contributed by atoms with Crippen molar-refractivity contribution in [3.8, 4) is 11.5 Å².